The number of ether oxygens (including phenoxy) is 2. The van der Waals surface area contributed by atoms with Gasteiger partial charge in [-0.1, -0.05) is 32.4 Å². The first-order valence-electron chi connectivity index (χ1n) is 7.61. The largest absolute Gasteiger partial charge is 0.478 e. The average molecular weight is 352 g/mol. The van der Waals surface area contributed by atoms with Crippen molar-refractivity contribution in [2.45, 2.75) is 46.3 Å². The van der Waals surface area contributed by atoms with Crippen LogP contribution in [0.25, 0.3) is 0 Å². The minimum absolute atomic E-state index is 0.392. The number of rotatable bonds is 5. The standard InChI is InChI=1S/C17H22ClN3O3/c1-11(22)24-17(5,16(2,3)4)14(15-19-10-20-21-15)23-13-8-6-12(18)7-9-13/h6-10,14H,1-5H3,(H,19,20,21). The number of aromatic nitrogens is 3. The van der Waals surface area contributed by atoms with Crippen molar-refractivity contribution < 1.29 is 14.3 Å². The second-order valence-corrected chi connectivity index (χ2v) is 7.21. The maximum Gasteiger partial charge on any atom is 0.303 e. The smallest absolute Gasteiger partial charge is 0.303 e. The lowest BCUT2D eigenvalue weighted by atomic mass is 9.73. The van der Waals surface area contributed by atoms with Crippen molar-refractivity contribution >= 4 is 17.6 Å². The Hall–Kier alpha value is -2.08. The van der Waals surface area contributed by atoms with Gasteiger partial charge in [0.25, 0.3) is 0 Å². The van der Waals surface area contributed by atoms with Crippen LogP contribution in [0.15, 0.2) is 30.6 Å². The molecule has 1 N–H and O–H groups in total. The van der Waals surface area contributed by atoms with E-state index in [2.05, 4.69) is 15.2 Å². The van der Waals surface area contributed by atoms with E-state index in [4.69, 9.17) is 21.1 Å². The van der Waals surface area contributed by atoms with Crippen LogP contribution in [0.5, 0.6) is 5.75 Å². The summed E-state index contributed by atoms with van der Waals surface area (Å²) in [5.74, 6) is 0.670. The van der Waals surface area contributed by atoms with Gasteiger partial charge in [-0.2, -0.15) is 0 Å². The molecule has 130 valence electrons. The Morgan fingerprint density at radius 2 is 1.83 bits per heavy atom. The van der Waals surface area contributed by atoms with Crippen LogP contribution >= 0.6 is 11.6 Å². The third-order valence-electron chi connectivity index (χ3n) is 4.10. The molecule has 0 spiro atoms. The molecule has 0 aliphatic rings. The number of H-pyrrole nitrogens is 1. The number of hydrogen-bond acceptors (Lipinski definition) is 5. The Morgan fingerprint density at radius 1 is 1.21 bits per heavy atom. The number of halogens is 1. The lowest BCUT2D eigenvalue weighted by Crippen LogP contribution is -2.51. The molecule has 6 nitrogen and oxygen atoms in total. The molecule has 1 heterocycles. The monoisotopic (exact) mass is 351 g/mol. The van der Waals surface area contributed by atoms with Crippen LogP contribution in [0.1, 0.15) is 46.5 Å². The Balaban J connectivity index is 2.47. The summed E-state index contributed by atoms with van der Waals surface area (Å²) in [5, 5.41) is 8.50. The Labute approximate surface area is 146 Å². The summed E-state index contributed by atoms with van der Waals surface area (Å²) in [4.78, 5) is 14.7. The van der Waals surface area contributed by atoms with E-state index in [1.165, 1.54) is 13.3 Å². The summed E-state index contributed by atoms with van der Waals surface area (Å²) in [7, 11) is 0. The molecule has 2 rings (SSSR count). The molecule has 0 bridgehead atoms. The third kappa shape index (κ3) is 3.87. The third-order valence-corrected chi connectivity index (χ3v) is 4.35. The van der Waals surface area contributed by atoms with Gasteiger partial charge < -0.3 is 14.5 Å². The van der Waals surface area contributed by atoms with Gasteiger partial charge in [0.2, 0.25) is 0 Å². The molecule has 0 saturated carbocycles. The lowest BCUT2D eigenvalue weighted by Gasteiger charge is -2.44. The first-order valence-corrected chi connectivity index (χ1v) is 7.99. The number of nitrogens with zero attached hydrogens (tertiary/aromatic N) is 2. The molecule has 24 heavy (non-hydrogen) atoms. The van der Waals surface area contributed by atoms with Crippen molar-refractivity contribution in [3.63, 3.8) is 0 Å². The van der Waals surface area contributed by atoms with Gasteiger partial charge in [-0.15, -0.1) is 10.2 Å². The average Bonchev–Trinajstić information content (AvgIpc) is 2.98. The molecule has 7 heteroatoms. The lowest BCUT2D eigenvalue weighted by molar-refractivity contribution is -0.187. The van der Waals surface area contributed by atoms with Gasteiger partial charge in [0, 0.05) is 17.4 Å². The summed E-state index contributed by atoms with van der Waals surface area (Å²) < 4.78 is 11.8. The normalized spacial score (nSPS) is 15.4. The van der Waals surface area contributed by atoms with E-state index < -0.39 is 23.1 Å². The summed E-state index contributed by atoms with van der Waals surface area (Å²) in [6.45, 7) is 9.14. The zero-order valence-electron chi connectivity index (χ0n) is 14.5. The number of carbonyl (C=O) groups is 1. The molecular weight excluding hydrogens is 330 g/mol. The van der Waals surface area contributed by atoms with E-state index in [-0.39, 0.29) is 0 Å². The van der Waals surface area contributed by atoms with Crippen LogP contribution in [-0.4, -0.2) is 26.8 Å². The van der Waals surface area contributed by atoms with E-state index in [0.29, 0.717) is 16.6 Å². The molecule has 1 aromatic carbocycles. The van der Waals surface area contributed by atoms with Crippen LogP contribution < -0.4 is 4.74 Å². The first-order chi connectivity index (χ1) is 11.1. The van der Waals surface area contributed by atoms with Crippen molar-refractivity contribution in [2.24, 2.45) is 5.41 Å². The van der Waals surface area contributed by atoms with Crippen molar-refractivity contribution in [3.05, 3.63) is 41.4 Å². The number of aromatic amines is 1. The van der Waals surface area contributed by atoms with Gasteiger partial charge in [-0.3, -0.25) is 4.79 Å². The maximum absolute atomic E-state index is 11.7. The van der Waals surface area contributed by atoms with E-state index in [1.807, 2.05) is 27.7 Å². The summed E-state index contributed by atoms with van der Waals surface area (Å²) in [6.07, 6.45) is 0.787. The molecule has 2 atom stereocenters. The van der Waals surface area contributed by atoms with Crippen LogP contribution in [-0.2, 0) is 9.53 Å². The maximum atomic E-state index is 11.7. The molecule has 0 aliphatic carbocycles. The number of benzene rings is 1. The van der Waals surface area contributed by atoms with Gasteiger partial charge in [0.1, 0.15) is 12.1 Å². The molecule has 1 aromatic heterocycles. The Morgan fingerprint density at radius 3 is 2.29 bits per heavy atom. The highest BCUT2D eigenvalue weighted by molar-refractivity contribution is 6.30. The second-order valence-electron chi connectivity index (χ2n) is 6.78. The molecule has 0 radical (unpaired) electrons. The van der Waals surface area contributed by atoms with Crippen LogP contribution in [0.3, 0.4) is 0 Å². The van der Waals surface area contributed by atoms with E-state index in [9.17, 15) is 4.79 Å². The van der Waals surface area contributed by atoms with E-state index in [1.54, 1.807) is 24.3 Å². The Kier molecular flexibility index (Phi) is 5.18. The van der Waals surface area contributed by atoms with Crippen molar-refractivity contribution in [2.75, 3.05) is 0 Å². The predicted octanol–water partition coefficient (Wildman–Crippen LogP) is 3.95. The fourth-order valence-corrected chi connectivity index (χ4v) is 2.45. The van der Waals surface area contributed by atoms with E-state index >= 15 is 0 Å². The summed E-state index contributed by atoms with van der Waals surface area (Å²) in [6, 6.07) is 6.97. The van der Waals surface area contributed by atoms with Gasteiger partial charge in [0.15, 0.2) is 17.5 Å². The quantitative estimate of drug-likeness (QED) is 0.825. The molecule has 2 aromatic rings. The number of hydrogen-bond donors (Lipinski definition) is 1. The number of carbonyl (C=O) groups excluding carboxylic acids is 1. The minimum atomic E-state index is -0.988. The molecule has 0 amide bonds. The fourth-order valence-electron chi connectivity index (χ4n) is 2.32. The van der Waals surface area contributed by atoms with Crippen molar-refractivity contribution in [3.8, 4) is 5.75 Å². The van der Waals surface area contributed by atoms with E-state index in [0.717, 1.165) is 0 Å². The molecule has 0 saturated heterocycles. The summed E-state index contributed by atoms with van der Waals surface area (Å²) in [5.41, 5.74) is -1.42. The van der Waals surface area contributed by atoms with Gasteiger partial charge >= 0.3 is 5.97 Å². The van der Waals surface area contributed by atoms with Crippen LogP contribution in [0.2, 0.25) is 5.02 Å². The second kappa shape index (κ2) is 6.81. The topological polar surface area (TPSA) is 77.1 Å². The van der Waals surface area contributed by atoms with Crippen LogP contribution in [0.4, 0.5) is 0 Å². The SMILES string of the molecule is CC(=O)OC(C)(C(Oc1ccc(Cl)cc1)c1nnc[nH]1)C(C)(C)C. The molecule has 2 unspecified atom stereocenters. The zero-order valence-corrected chi connectivity index (χ0v) is 15.2. The molecular formula is C17H22ClN3O3. The molecule has 0 fully saturated rings. The predicted molar refractivity (Wildman–Crippen MR) is 90.8 cm³/mol. The molecule has 0 aliphatic heterocycles. The first kappa shape index (κ1) is 18.3. The van der Waals surface area contributed by atoms with Crippen LogP contribution in [0, 0.1) is 5.41 Å². The number of nitrogens with one attached hydrogen (secondary N) is 1. The summed E-state index contributed by atoms with van der Waals surface area (Å²) >= 11 is 5.93. The van der Waals surface area contributed by atoms with Crippen molar-refractivity contribution in [1.29, 1.82) is 0 Å². The fraction of sp³-hybridized carbons (Fsp3) is 0.471. The van der Waals surface area contributed by atoms with Gasteiger partial charge in [-0.25, -0.2) is 0 Å². The van der Waals surface area contributed by atoms with Crippen molar-refractivity contribution in [1.82, 2.24) is 15.2 Å². The van der Waals surface area contributed by atoms with Gasteiger partial charge in [-0.05, 0) is 31.2 Å². The highest BCUT2D eigenvalue weighted by Gasteiger charge is 2.51. The zero-order chi connectivity index (χ0) is 18.0. The Bertz CT molecular complexity index is 680. The minimum Gasteiger partial charge on any atom is -0.478 e. The highest BCUT2D eigenvalue weighted by atomic mass is 35.5. The van der Waals surface area contributed by atoms with Gasteiger partial charge in [0.05, 0.1) is 0 Å². The number of esters is 1. The highest BCUT2D eigenvalue weighted by Crippen LogP contribution is 2.44.